The summed E-state index contributed by atoms with van der Waals surface area (Å²) in [5.41, 5.74) is 10.9. The number of benzene rings is 1. The van der Waals surface area contributed by atoms with E-state index < -0.39 is 6.09 Å². The van der Waals surface area contributed by atoms with Gasteiger partial charge in [0.2, 0.25) is 0 Å². The maximum atomic E-state index is 10.6. The molecule has 0 unspecified atom stereocenters. The number of anilines is 1. The van der Waals surface area contributed by atoms with Crippen molar-refractivity contribution in [3.63, 3.8) is 0 Å². The number of nitrogen functional groups attached to an aromatic ring is 1. The van der Waals surface area contributed by atoms with Gasteiger partial charge in [0.1, 0.15) is 17.4 Å². The third-order valence-corrected chi connectivity index (χ3v) is 5.33. The third kappa shape index (κ3) is 4.28. The van der Waals surface area contributed by atoms with Gasteiger partial charge in [0, 0.05) is 42.9 Å². The highest BCUT2D eigenvalue weighted by Gasteiger charge is 2.17. The van der Waals surface area contributed by atoms with Gasteiger partial charge in [-0.1, -0.05) is 25.1 Å². The van der Waals surface area contributed by atoms with Gasteiger partial charge >= 0.3 is 0 Å². The Morgan fingerprint density at radius 1 is 1.19 bits per heavy atom. The van der Waals surface area contributed by atoms with Crippen LogP contribution in [0.15, 0.2) is 42.7 Å². The Hall–Kier alpha value is -3.68. The van der Waals surface area contributed by atoms with E-state index in [0.29, 0.717) is 18.8 Å². The van der Waals surface area contributed by atoms with E-state index in [4.69, 9.17) is 10.7 Å². The molecule has 3 aromatic heterocycles. The second-order valence-electron chi connectivity index (χ2n) is 7.52. The lowest BCUT2D eigenvalue weighted by Gasteiger charge is -2.12. The summed E-state index contributed by atoms with van der Waals surface area (Å²) in [6.45, 7) is 3.22. The molecule has 0 aliphatic heterocycles. The van der Waals surface area contributed by atoms with Crippen molar-refractivity contribution >= 4 is 33.8 Å². The van der Waals surface area contributed by atoms with Gasteiger partial charge < -0.3 is 25.5 Å². The summed E-state index contributed by atoms with van der Waals surface area (Å²) in [6, 6.07) is 10.1. The molecule has 4 rings (SSSR count). The second-order valence-corrected chi connectivity index (χ2v) is 7.52. The van der Waals surface area contributed by atoms with Gasteiger partial charge in [-0.25, -0.2) is 9.97 Å². The van der Waals surface area contributed by atoms with Crippen LogP contribution in [-0.2, 0) is 13.0 Å². The van der Waals surface area contributed by atoms with Crippen LogP contribution in [0.5, 0.6) is 0 Å². The van der Waals surface area contributed by atoms with E-state index in [1.807, 2.05) is 24.4 Å². The number of carbonyl (C=O) groups excluding carboxylic acids is 1. The summed E-state index contributed by atoms with van der Waals surface area (Å²) in [4.78, 5) is 24.2. The SMILES string of the molecule is CCCc1nc2c(N)nc3cc(-c4cccnc4)ccc3c2n1CCCCNC(=O)[O-]. The number of carboxylic acid groups (broad SMARTS) is 1. The normalized spacial score (nSPS) is 11.3. The molecule has 0 radical (unpaired) electrons. The number of amides is 1. The van der Waals surface area contributed by atoms with Crippen molar-refractivity contribution in [3.8, 4) is 11.1 Å². The summed E-state index contributed by atoms with van der Waals surface area (Å²) in [7, 11) is 0. The molecule has 0 saturated carbocycles. The van der Waals surface area contributed by atoms with Crippen LogP contribution < -0.4 is 16.2 Å². The minimum atomic E-state index is -1.24. The molecule has 1 amide bonds. The summed E-state index contributed by atoms with van der Waals surface area (Å²) in [5, 5.41) is 13.9. The number of hydrogen-bond acceptors (Lipinski definition) is 6. The van der Waals surface area contributed by atoms with E-state index in [2.05, 4.69) is 38.9 Å². The van der Waals surface area contributed by atoms with Gasteiger partial charge in [0.15, 0.2) is 5.82 Å². The van der Waals surface area contributed by atoms with E-state index in [-0.39, 0.29) is 0 Å². The van der Waals surface area contributed by atoms with Crippen molar-refractivity contribution in [3.05, 3.63) is 48.5 Å². The maximum Gasteiger partial charge on any atom is 0.152 e. The molecule has 8 heteroatoms. The fourth-order valence-electron chi connectivity index (χ4n) is 3.91. The number of aromatic nitrogens is 4. The minimum absolute atomic E-state index is 0.372. The van der Waals surface area contributed by atoms with Crippen molar-refractivity contribution in [1.29, 1.82) is 0 Å². The first-order chi connectivity index (χ1) is 15.1. The molecule has 160 valence electrons. The highest BCUT2D eigenvalue weighted by Crippen LogP contribution is 2.32. The number of carbonyl (C=O) groups is 1. The fraction of sp³-hybridized carbons (Fsp3) is 0.304. The summed E-state index contributed by atoms with van der Waals surface area (Å²) in [5.74, 6) is 1.39. The van der Waals surface area contributed by atoms with Crippen LogP contribution in [0.3, 0.4) is 0 Å². The zero-order valence-corrected chi connectivity index (χ0v) is 17.5. The first-order valence-electron chi connectivity index (χ1n) is 10.5. The molecule has 0 bridgehead atoms. The van der Waals surface area contributed by atoms with Gasteiger partial charge in [0.25, 0.3) is 0 Å². The highest BCUT2D eigenvalue weighted by atomic mass is 16.4. The second kappa shape index (κ2) is 8.99. The number of unbranched alkanes of at least 4 members (excludes halogenated alkanes) is 1. The summed E-state index contributed by atoms with van der Waals surface area (Å²) >= 11 is 0. The van der Waals surface area contributed by atoms with Crippen LogP contribution in [0.4, 0.5) is 10.6 Å². The number of nitrogens with zero attached hydrogens (tertiary/aromatic N) is 4. The standard InChI is InChI=1S/C23H26N6O2/c1-2-6-19-28-20-21(29(19)12-4-3-11-26-23(30)31)17-9-8-15(13-18(17)27-22(20)24)16-7-5-10-25-14-16/h5,7-10,13-14,26H,2-4,6,11-12H2,1H3,(H2,24,27)(H,30,31)/p-1. The number of nitrogens with one attached hydrogen (secondary N) is 1. The van der Waals surface area contributed by atoms with Crippen molar-refractivity contribution < 1.29 is 9.90 Å². The Morgan fingerprint density at radius 2 is 2.06 bits per heavy atom. The summed E-state index contributed by atoms with van der Waals surface area (Å²) < 4.78 is 2.21. The average Bonchev–Trinajstić information content (AvgIpc) is 3.13. The Bertz CT molecular complexity index is 1220. The number of pyridine rings is 2. The monoisotopic (exact) mass is 417 g/mol. The zero-order chi connectivity index (χ0) is 21.8. The molecule has 3 N–H and O–H groups in total. The van der Waals surface area contributed by atoms with Gasteiger partial charge in [-0.05, 0) is 37.0 Å². The smallest absolute Gasteiger partial charge is 0.152 e. The van der Waals surface area contributed by atoms with Gasteiger partial charge in [0.05, 0.1) is 11.0 Å². The molecule has 1 aromatic carbocycles. The molecule has 3 heterocycles. The molecule has 0 aliphatic rings. The van der Waals surface area contributed by atoms with E-state index >= 15 is 0 Å². The molecule has 0 atom stereocenters. The molecule has 8 nitrogen and oxygen atoms in total. The number of aryl methyl sites for hydroxylation is 2. The predicted molar refractivity (Wildman–Crippen MR) is 119 cm³/mol. The lowest BCUT2D eigenvalue weighted by atomic mass is 10.0. The Morgan fingerprint density at radius 3 is 2.81 bits per heavy atom. The topological polar surface area (TPSA) is 122 Å². The maximum absolute atomic E-state index is 10.6. The number of imidazole rings is 1. The van der Waals surface area contributed by atoms with Gasteiger partial charge in [-0.3, -0.25) is 4.98 Å². The first-order valence-corrected chi connectivity index (χ1v) is 10.5. The van der Waals surface area contributed by atoms with Crippen LogP contribution in [0.2, 0.25) is 0 Å². The number of rotatable bonds is 8. The average molecular weight is 417 g/mol. The molecule has 0 fully saturated rings. The minimum Gasteiger partial charge on any atom is -0.530 e. The lowest BCUT2D eigenvalue weighted by molar-refractivity contribution is -0.250. The first kappa shape index (κ1) is 20.6. The van der Waals surface area contributed by atoms with Crippen LogP contribution >= 0.6 is 0 Å². The number of nitrogens with two attached hydrogens (primary N) is 1. The third-order valence-electron chi connectivity index (χ3n) is 5.33. The molecule has 0 spiro atoms. The number of fused-ring (bicyclic) bond motifs is 3. The van der Waals surface area contributed by atoms with Crippen LogP contribution in [0.1, 0.15) is 32.0 Å². The van der Waals surface area contributed by atoms with Crippen LogP contribution in [0, 0.1) is 0 Å². The van der Waals surface area contributed by atoms with E-state index in [1.54, 1.807) is 6.20 Å². The van der Waals surface area contributed by atoms with Crippen molar-refractivity contribution in [2.24, 2.45) is 0 Å². The van der Waals surface area contributed by atoms with Crippen molar-refractivity contribution in [2.45, 2.75) is 39.2 Å². The molecule has 4 aromatic rings. The molecule has 0 saturated heterocycles. The fourth-order valence-corrected chi connectivity index (χ4v) is 3.91. The molecule has 0 aliphatic carbocycles. The van der Waals surface area contributed by atoms with Crippen LogP contribution in [-0.4, -0.2) is 32.2 Å². The van der Waals surface area contributed by atoms with Crippen LogP contribution in [0.25, 0.3) is 33.1 Å². The zero-order valence-electron chi connectivity index (χ0n) is 17.5. The number of hydrogen-bond donors (Lipinski definition) is 2. The molecular formula is C23H25N6O2-. The van der Waals surface area contributed by atoms with Gasteiger partial charge in [-0.15, -0.1) is 0 Å². The highest BCUT2D eigenvalue weighted by molar-refractivity contribution is 6.07. The predicted octanol–water partition coefficient (Wildman–Crippen LogP) is 2.89. The summed E-state index contributed by atoms with van der Waals surface area (Å²) in [6.07, 6.45) is 5.65. The molecular weight excluding hydrogens is 392 g/mol. The van der Waals surface area contributed by atoms with Gasteiger partial charge in [-0.2, -0.15) is 0 Å². The Balaban J connectivity index is 1.76. The van der Waals surface area contributed by atoms with Crippen molar-refractivity contribution in [1.82, 2.24) is 24.8 Å². The van der Waals surface area contributed by atoms with E-state index in [0.717, 1.165) is 64.7 Å². The molecule has 31 heavy (non-hydrogen) atoms. The quantitative estimate of drug-likeness (QED) is 0.425. The Kier molecular flexibility index (Phi) is 5.97. The Labute approximate surface area is 180 Å². The van der Waals surface area contributed by atoms with E-state index in [1.165, 1.54) is 0 Å². The lowest BCUT2D eigenvalue weighted by Crippen LogP contribution is -2.36. The largest absolute Gasteiger partial charge is 0.530 e. The van der Waals surface area contributed by atoms with E-state index in [9.17, 15) is 9.90 Å². The van der Waals surface area contributed by atoms with Crippen molar-refractivity contribution in [2.75, 3.05) is 12.3 Å².